The molecule has 28 heavy (non-hydrogen) atoms. The average Bonchev–Trinajstić information content (AvgIpc) is 3.22. The minimum absolute atomic E-state index is 0.0759. The van der Waals surface area contributed by atoms with Gasteiger partial charge in [0.05, 0.1) is 16.1 Å². The zero-order chi connectivity index (χ0) is 20.0. The van der Waals surface area contributed by atoms with Gasteiger partial charge >= 0.3 is 0 Å². The van der Waals surface area contributed by atoms with E-state index in [9.17, 15) is 24.5 Å². The lowest BCUT2D eigenvalue weighted by molar-refractivity contribution is -0.384. The number of ketones is 1. The van der Waals surface area contributed by atoms with Crippen molar-refractivity contribution < 1.29 is 23.8 Å². The number of nitrogens with zero attached hydrogens (tertiary/aromatic N) is 3. The van der Waals surface area contributed by atoms with Gasteiger partial charge in [-0.1, -0.05) is 11.2 Å². The predicted octanol–water partition coefficient (Wildman–Crippen LogP) is 2.92. The summed E-state index contributed by atoms with van der Waals surface area (Å²) in [5, 5.41) is 14.4. The third kappa shape index (κ3) is 2.65. The normalized spacial score (nSPS) is 13.0. The largest absolute Gasteiger partial charge is 0.360 e. The Morgan fingerprint density at radius 1 is 1.00 bits per heavy atom. The van der Waals surface area contributed by atoms with Gasteiger partial charge in [-0.05, 0) is 31.2 Å². The molecule has 1 aliphatic rings. The first-order valence-electron chi connectivity index (χ1n) is 8.12. The van der Waals surface area contributed by atoms with Crippen LogP contribution in [0.2, 0.25) is 0 Å². The van der Waals surface area contributed by atoms with Crippen molar-refractivity contribution in [3.8, 4) is 0 Å². The fraction of sp³-hybridized carbons (Fsp3) is 0.0526. The van der Waals surface area contributed by atoms with Gasteiger partial charge in [0.2, 0.25) is 0 Å². The van der Waals surface area contributed by atoms with Crippen molar-refractivity contribution in [2.45, 2.75) is 6.92 Å². The smallest absolute Gasteiger partial charge is 0.269 e. The maximum atomic E-state index is 12.7. The van der Waals surface area contributed by atoms with Crippen LogP contribution in [0.3, 0.4) is 0 Å². The summed E-state index contributed by atoms with van der Waals surface area (Å²) in [5.41, 5.74) is 0.521. The number of carbonyl (C=O) groups excluding carboxylic acids is 3. The van der Waals surface area contributed by atoms with E-state index in [1.54, 1.807) is 6.92 Å². The summed E-state index contributed by atoms with van der Waals surface area (Å²) in [6.45, 7) is 1.63. The Hall–Kier alpha value is -4.14. The van der Waals surface area contributed by atoms with E-state index < -0.39 is 22.5 Å². The number of fused-ring (bicyclic) bond motifs is 1. The molecule has 138 valence electrons. The number of rotatable bonds is 4. The van der Waals surface area contributed by atoms with Crippen LogP contribution in [-0.2, 0) is 0 Å². The minimum atomic E-state index is -0.605. The second kappa shape index (κ2) is 6.23. The number of non-ortho nitro benzene ring substituents is 1. The highest BCUT2D eigenvalue weighted by molar-refractivity contribution is 6.34. The Kier molecular flexibility index (Phi) is 3.85. The number of carbonyl (C=O) groups is 3. The van der Waals surface area contributed by atoms with Crippen LogP contribution in [0.15, 0.2) is 53.1 Å². The number of benzene rings is 2. The summed E-state index contributed by atoms with van der Waals surface area (Å²) in [7, 11) is 0. The molecule has 0 atom stereocenters. The standard InChI is InChI=1S/C19H11N3O6/c1-10-8-16(20-28-10)21-18(24)14-7-4-12(9-15(14)19(21)25)17(23)11-2-5-13(6-3-11)22(26)27/h2-9H,1H3. The van der Waals surface area contributed by atoms with Crippen LogP contribution in [0.25, 0.3) is 0 Å². The van der Waals surface area contributed by atoms with Gasteiger partial charge in [0.25, 0.3) is 17.5 Å². The van der Waals surface area contributed by atoms with E-state index in [1.807, 2.05) is 0 Å². The Labute approximate surface area is 157 Å². The number of nitro groups is 1. The van der Waals surface area contributed by atoms with Crippen molar-refractivity contribution in [2.24, 2.45) is 0 Å². The number of aromatic nitrogens is 1. The second-order valence-corrected chi connectivity index (χ2v) is 6.13. The van der Waals surface area contributed by atoms with Gasteiger partial charge < -0.3 is 4.52 Å². The molecule has 0 N–H and O–H groups in total. The first-order chi connectivity index (χ1) is 13.4. The summed E-state index contributed by atoms with van der Waals surface area (Å²) in [6, 6.07) is 10.8. The van der Waals surface area contributed by atoms with Gasteiger partial charge in [0.1, 0.15) is 5.76 Å². The lowest BCUT2D eigenvalue weighted by atomic mass is 9.99. The van der Waals surface area contributed by atoms with Crippen LogP contribution in [0.5, 0.6) is 0 Å². The predicted molar refractivity (Wildman–Crippen MR) is 95.4 cm³/mol. The van der Waals surface area contributed by atoms with E-state index in [1.165, 1.54) is 48.5 Å². The number of amides is 2. The van der Waals surface area contributed by atoms with Gasteiger partial charge in [-0.2, -0.15) is 0 Å². The number of hydrogen-bond acceptors (Lipinski definition) is 7. The molecule has 0 radical (unpaired) electrons. The molecule has 0 unspecified atom stereocenters. The molecule has 1 aliphatic heterocycles. The van der Waals surface area contributed by atoms with E-state index in [0.717, 1.165) is 4.90 Å². The van der Waals surface area contributed by atoms with Gasteiger partial charge in [-0.3, -0.25) is 24.5 Å². The van der Waals surface area contributed by atoms with Crippen molar-refractivity contribution in [2.75, 3.05) is 4.90 Å². The number of anilines is 1. The average molecular weight is 377 g/mol. The lowest BCUT2D eigenvalue weighted by Gasteiger charge is -2.07. The van der Waals surface area contributed by atoms with E-state index in [2.05, 4.69) is 5.16 Å². The molecule has 0 bridgehead atoms. The first kappa shape index (κ1) is 17.3. The Morgan fingerprint density at radius 2 is 1.64 bits per heavy atom. The van der Waals surface area contributed by atoms with E-state index in [-0.39, 0.29) is 33.8 Å². The Bertz CT molecular complexity index is 1160. The molecule has 0 saturated carbocycles. The van der Waals surface area contributed by atoms with Crippen LogP contribution in [0, 0.1) is 17.0 Å². The quantitative estimate of drug-likeness (QED) is 0.296. The first-order valence-corrected chi connectivity index (χ1v) is 8.12. The zero-order valence-electron chi connectivity index (χ0n) is 14.4. The summed E-state index contributed by atoms with van der Waals surface area (Å²) in [4.78, 5) is 49.0. The van der Waals surface area contributed by atoms with Crippen molar-refractivity contribution in [3.63, 3.8) is 0 Å². The molecule has 0 saturated heterocycles. The third-order valence-electron chi connectivity index (χ3n) is 4.33. The molecule has 3 aromatic rings. The highest BCUT2D eigenvalue weighted by Crippen LogP contribution is 2.29. The fourth-order valence-corrected chi connectivity index (χ4v) is 2.95. The summed E-state index contributed by atoms with van der Waals surface area (Å²) in [5.74, 6) is -1.06. The fourth-order valence-electron chi connectivity index (χ4n) is 2.95. The summed E-state index contributed by atoms with van der Waals surface area (Å²) in [6.07, 6.45) is 0. The molecular formula is C19H11N3O6. The maximum Gasteiger partial charge on any atom is 0.269 e. The molecule has 2 aromatic carbocycles. The SMILES string of the molecule is Cc1cc(N2C(=O)c3ccc(C(=O)c4ccc([N+](=O)[O-])cc4)cc3C2=O)no1. The summed E-state index contributed by atoms with van der Waals surface area (Å²) >= 11 is 0. The van der Waals surface area contributed by atoms with Gasteiger partial charge in [-0.25, -0.2) is 4.90 Å². The topological polar surface area (TPSA) is 124 Å². The van der Waals surface area contributed by atoms with E-state index in [4.69, 9.17) is 4.52 Å². The molecule has 2 heterocycles. The van der Waals surface area contributed by atoms with E-state index >= 15 is 0 Å². The van der Waals surface area contributed by atoms with Gasteiger partial charge in [0.15, 0.2) is 11.6 Å². The minimum Gasteiger partial charge on any atom is -0.360 e. The van der Waals surface area contributed by atoms with Gasteiger partial charge in [0, 0.05) is 29.3 Å². The van der Waals surface area contributed by atoms with Crippen LogP contribution in [0.1, 0.15) is 42.4 Å². The number of hydrogen-bond donors (Lipinski definition) is 0. The maximum absolute atomic E-state index is 12.7. The number of imide groups is 1. The Morgan fingerprint density at radius 3 is 2.25 bits per heavy atom. The molecule has 9 nitrogen and oxygen atoms in total. The van der Waals surface area contributed by atoms with Crippen molar-refractivity contribution in [1.82, 2.24) is 5.16 Å². The molecule has 0 spiro atoms. The highest BCUT2D eigenvalue weighted by Gasteiger charge is 2.38. The van der Waals surface area contributed by atoms with Gasteiger partial charge in [-0.15, -0.1) is 0 Å². The van der Waals surface area contributed by atoms with Crippen LogP contribution in [-0.4, -0.2) is 27.7 Å². The van der Waals surface area contributed by atoms with Crippen molar-refractivity contribution in [3.05, 3.63) is 86.7 Å². The number of nitro benzene ring substituents is 1. The molecular weight excluding hydrogens is 366 g/mol. The third-order valence-corrected chi connectivity index (χ3v) is 4.33. The second-order valence-electron chi connectivity index (χ2n) is 6.13. The molecule has 4 rings (SSSR count). The monoisotopic (exact) mass is 377 g/mol. The highest BCUT2D eigenvalue weighted by atomic mass is 16.6. The Balaban J connectivity index is 1.68. The molecule has 1 aromatic heterocycles. The zero-order valence-corrected chi connectivity index (χ0v) is 14.4. The van der Waals surface area contributed by atoms with Crippen LogP contribution >= 0.6 is 0 Å². The van der Waals surface area contributed by atoms with Crippen LogP contribution < -0.4 is 4.90 Å². The molecule has 0 aliphatic carbocycles. The lowest BCUT2D eigenvalue weighted by Crippen LogP contribution is -2.29. The van der Waals surface area contributed by atoms with E-state index in [0.29, 0.717) is 5.76 Å². The molecule has 9 heteroatoms. The molecule has 2 amide bonds. The van der Waals surface area contributed by atoms with Crippen molar-refractivity contribution in [1.29, 1.82) is 0 Å². The molecule has 0 fully saturated rings. The van der Waals surface area contributed by atoms with Crippen molar-refractivity contribution >= 4 is 29.1 Å². The summed E-state index contributed by atoms with van der Waals surface area (Å²) < 4.78 is 4.92. The van der Waals surface area contributed by atoms with Crippen LogP contribution in [0.4, 0.5) is 11.5 Å². The number of aryl methyl sites for hydroxylation is 1.